The molecule has 1 aromatic heterocycles. The fourth-order valence-electron chi connectivity index (χ4n) is 2.33. The molecule has 0 radical (unpaired) electrons. The number of nitrogens with one attached hydrogen (secondary N) is 1. The van der Waals surface area contributed by atoms with Crippen LogP contribution in [0.5, 0.6) is 0 Å². The molecule has 2 rings (SSSR count). The first-order chi connectivity index (χ1) is 8.90. The Bertz CT molecular complexity index is 501. The van der Waals surface area contributed by atoms with E-state index in [2.05, 4.69) is 21.2 Å². The number of thiophene rings is 1. The van der Waals surface area contributed by atoms with Crippen LogP contribution in [0.25, 0.3) is 0 Å². The predicted molar refractivity (Wildman–Crippen MR) is 78.8 cm³/mol. The number of piperazine rings is 1. The maximum absolute atomic E-state index is 12.3. The Kier molecular flexibility index (Phi) is 4.30. The molecule has 2 unspecified atom stereocenters. The van der Waals surface area contributed by atoms with E-state index in [1.165, 1.54) is 0 Å². The largest absolute Gasteiger partial charge is 0.343 e. The highest BCUT2D eigenvalue weighted by Gasteiger charge is 2.40. The summed E-state index contributed by atoms with van der Waals surface area (Å²) in [5.41, 5.74) is 0. The summed E-state index contributed by atoms with van der Waals surface area (Å²) in [4.78, 5) is 27.2. The predicted octanol–water partition coefficient (Wildman–Crippen LogP) is 2.38. The van der Waals surface area contributed by atoms with Gasteiger partial charge in [0, 0.05) is 4.88 Å². The molecule has 1 saturated heterocycles. The van der Waals surface area contributed by atoms with Crippen molar-refractivity contribution >= 4 is 39.1 Å². The van der Waals surface area contributed by atoms with Gasteiger partial charge in [0.05, 0.1) is 10.3 Å². The molecular weight excluding hydrogens is 328 g/mol. The van der Waals surface area contributed by atoms with Gasteiger partial charge in [-0.15, -0.1) is 11.3 Å². The van der Waals surface area contributed by atoms with Crippen LogP contribution in [0.15, 0.2) is 15.9 Å². The normalized spacial score (nSPS) is 23.9. The third-order valence-electron chi connectivity index (χ3n) is 3.20. The van der Waals surface area contributed by atoms with Gasteiger partial charge in [0.25, 0.3) is 0 Å². The molecule has 6 heteroatoms. The number of rotatable bonds is 3. The molecule has 1 aromatic rings. The highest BCUT2D eigenvalue weighted by Crippen LogP contribution is 2.26. The molecule has 1 aliphatic heterocycles. The summed E-state index contributed by atoms with van der Waals surface area (Å²) in [6.07, 6.45) is 0. The number of halogens is 1. The molecular formula is C13H17BrN2O2S. The van der Waals surface area contributed by atoms with Crippen molar-refractivity contribution in [1.82, 2.24) is 10.2 Å². The van der Waals surface area contributed by atoms with Gasteiger partial charge in [-0.2, -0.15) is 0 Å². The Morgan fingerprint density at radius 2 is 2.11 bits per heavy atom. The standard InChI is InChI=1S/C13H17BrN2O2S/c1-7(2)11-12(17)15-8(3)13(18)16(11)6-9-4-5-10(14)19-9/h4-5,7-8,11H,6H2,1-3H3,(H,15,17). The summed E-state index contributed by atoms with van der Waals surface area (Å²) in [7, 11) is 0. The van der Waals surface area contributed by atoms with E-state index in [0.717, 1.165) is 8.66 Å². The van der Waals surface area contributed by atoms with Gasteiger partial charge in [0.15, 0.2) is 0 Å². The number of carbonyl (C=O) groups is 2. The second kappa shape index (κ2) is 5.63. The third-order valence-corrected chi connectivity index (χ3v) is 4.81. The maximum Gasteiger partial charge on any atom is 0.245 e. The highest BCUT2D eigenvalue weighted by molar-refractivity contribution is 9.11. The van der Waals surface area contributed by atoms with E-state index in [0.29, 0.717) is 6.54 Å². The minimum Gasteiger partial charge on any atom is -0.343 e. The molecule has 19 heavy (non-hydrogen) atoms. The van der Waals surface area contributed by atoms with E-state index in [-0.39, 0.29) is 23.8 Å². The molecule has 2 amide bonds. The van der Waals surface area contributed by atoms with Crippen molar-refractivity contribution in [3.63, 3.8) is 0 Å². The molecule has 4 nitrogen and oxygen atoms in total. The number of hydrogen-bond acceptors (Lipinski definition) is 3. The number of carbonyl (C=O) groups excluding carboxylic acids is 2. The van der Waals surface area contributed by atoms with Crippen LogP contribution >= 0.6 is 27.3 Å². The first kappa shape index (κ1) is 14.5. The fraction of sp³-hybridized carbons (Fsp3) is 0.538. The Hall–Kier alpha value is -0.880. The first-order valence-electron chi connectivity index (χ1n) is 6.25. The Labute approximate surface area is 125 Å². The molecule has 0 bridgehead atoms. The van der Waals surface area contributed by atoms with Gasteiger partial charge in [0.2, 0.25) is 11.8 Å². The fourth-order valence-corrected chi connectivity index (χ4v) is 3.81. The van der Waals surface area contributed by atoms with E-state index in [4.69, 9.17) is 0 Å². The molecule has 0 aromatic carbocycles. The van der Waals surface area contributed by atoms with Crippen LogP contribution in [0.4, 0.5) is 0 Å². The second-order valence-corrected chi connectivity index (χ2v) is 7.64. The highest BCUT2D eigenvalue weighted by atomic mass is 79.9. The van der Waals surface area contributed by atoms with E-state index >= 15 is 0 Å². The topological polar surface area (TPSA) is 49.4 Å². The monoisotopic (exact) mass is 344 g/mol. The zero-order valence-corrected chi connectivity index (χ0v) is 13.5. The minimum absolute atomic E-state index is 0.0113. The van der Waals surface area contributed by atoms with Gasteiger partial charge in [-0.25, -0.2) is 0 Å². The van der Waals surface area contributed by atoms with Crippen LogP contribution in [0.2, 0.25) is 0 Å². The molecule has 0 saturated carbocycles. The number of amides is 2. The van der Waals surface area contributed by atoms with Crippen LogP contribution < -0.4 is 5.32 Å². The molecule has 0 spiro atoms. The lowest BCUT2D eigenvalue weighted by Gasteiger charge is -2.39. The van der Waals surface area contributed by atoms with E-state index in [1.54, 1.807) is 23.2 Å². The van der Waals surface area contributed by atoms with Gasteiger partial charge in [-0.1, -0.05) is 13.8 Å². The lowest BCUT2D eigenvalue weighted by Crippen LogP contribution is -2.63. The summed E-state index contributed by atoms with van der Waals surface area (Å²) in [5, 5.41) is 2.75. The molecule has 104 valence electrons. The minimum atomic E-state index is -0.439. The Morgan fingerprint density at radius 3 is 2.63 bits per heavy atom. The number of hydrogen-bond donors (Lipinski definition) is 1. The first-order valence-corrected chi connectivity index (χ1v) is 7.86. The SMILES string of the molecule is CC1NC(=O)C(C(C)C)N(Cc2ccc(Br)s2)C1=O. The van der Waals surface area contributed by atoms with Crippen molar-refractivity contribution in [1.29, 1.82) is 0 Å². The zero-order valence-electron chi connectivity index (χ0n) is 11.1. The summed E-state index contributed by atoms with van der Waals surface area (Å²) >= 11 is 5.01. The Balaban J connectivity index is 2.25. The lowest BCUT2D eigenvalue weighted by atomic mass is 9.97. The van der Waals surface area contributed by atoms with Crippen LogP contribution in [0.1, 0.15) is 25.6 Å². The van der Waals surface area contributed by atoms with Gasteiger partial charge < -0.3 is 10.2 Å². The van der Waals surface area contributed by atoms with Crippen LogP contribution in [-0.4, -0.2) is 28.8 Å². The molecule has 1 fully saturated rings. The van der Waals surface area contributed by atoms with E-state index < -0.39 is 6.04 Å². The van der Waals surface area contributed by atoms with E-state index in [1.807, 2.05) is 26.0 Å². The van der Waals surface area contributed by atoms with Gasteiger partial charge in [0.1, 0.15) is 12.1 Å². The van der Waals surface area contributed by atoms with Gasteiger partial charge in [-0.05, 0) is 40.9 Å². The van der Waals surface area contributed by atoms with Crippen molar-refractivity contribution in [2.45, 2.75) is 39.4 Å². The lowest BCUT2D eigenvalue weighted by molar-refractivity contribution is -0.151. The van der Waals surface area contributed by atoms with Gasteiger partial charge in [-0.3, -0.25) is 9.59 Å². The maximum atomic E-state index is 12.3. The van der Waals surface area contributed by atoms with Crippen molar-refractivity contribution < 1.29 is 9.59 Å². The average Bonchev–Trinajstić information content (AvgIpc) is 2.71. The summed E-state index contributed by atoms with van der Waals surface area (Å²) in [6.45, 7) is 6.15. The average molecular weight is 345 g/mol. The van der Waals surface area contributed by atoms with Crippen LogP contribution in [0, 0.1) is 5.92 Å². The molecule has 1 aliphatic rings. The Morgan fingerprint density at radius 1 is 1.42 bits per heavy atom. The smallest absolute Gasteiger partial charge is 0.245 e. The molecule has 1 N–H and O–H groups in total. The van der Waals surface area contributed by atoms with Crippen molar-refractivity contribution in [3.8, 4) is 0 Å². The molecule has 0 aliphatic carbocycles. The molecule has 2 atom stereocenters. The van der Waals surface area contributed by atoms with Crippen molar-refractivity contribution in [3.05, 3.63) is 20.8 Å². The summed E-state index contributed by atoms with van der Waals surface area (Å²) in [6, 6.07) is 3.12. The molecule has 2 heterocycles. The zero-order chi connectivity index (χ0) is 14.2. The van der Waals surface area contributed by atoms with E-state index in [9.17, 15) is 9.59 Å². The van der Waals surface area contributed by atoms with Gasteiger partial charge >= 0.3 is 0 Å². The summed E-state index contributed by atoms with van der Waals surface area (Å²) < 4.78 is 1.03. The van der Waals surface area contributed by atoms with Crippen LogP contribution in [0.3, 0.4) is 0 Å². The third kappa shape index (κ3) is 3.00. The quantitative estimate of drug-likeness (QED) is 0.915. The second-order valence-electron chi connectivity index (χ2n) is 5.09. The van der Waals surface area contributed by atoms with Crippen molar-refractivity contribution in [2.75, 3.05) is 0 Å². The van der Waals surface area contributed by atoms with Crippen LogP contribution in [-0.2, 0) is 16.1 Å². The summed E-state index contributed by atoms with van der Waals surface area (Å²) in [5.74, 6) is 0.0281. The number of nitrogens with zero attached hydrogens (tertiary/aromatic N) is 1. The van der Waals surface area contributed by atoms with Crippen molar-refractivity contribution in [2.24, 2.45) is 5.92 Å².